The van der Waals surface area contributed by atoms with E-state index < -0.39 is 23.2 Å². The van der Waals surface area contributed by atoms with E-state index in [1.54, 1.807) is 7.05 Å². The van der Waals surface area contributed by atoms with Gasteiger partial charge in [0.2, 0.25) is 0 Å². The van der Waals surface area contributed by atoms with Crippen molar-refractivity contribution in [1.82, 2.24) is 5.32 Å². The van der Waals surface area contributed by atoms with E-state index in [1.807, 2.05) is 0 Å². The van der Waals surface area contributed by atoms with Crippen molar-refractivity contribution in [1.29, 1.82) is 0 Å². The zero-order valence-corrected chi connectivity index (χ0v) is 8.68. The summed E-state index contributed by atoms with van der Waals surface area (Å²) in [5.41, 5.74) is -0.714. The topological polar surface area (TPSA) is 61.4 Å². The van der Waals surface area contributed by atoms with Crippen molar-refractivity contribution in [2.45, 2.75) is 0 Å². The molecule has 3 N–H and O–H groups in total. The SMILES string of the molecule is CNCCNc1ccc(C(=O)O)c(F)c1F. The molecule has 0 bridgehead atoms. The zero-order chi connectivity index (χ0) is 12.1. The van der Waals surface area contributed by atoms with Crippen LogP contribution < -0.4 is 10.6 Å². The Labute approximate surface area is 91.3 Å². The van der Waals surface area contributed by atoms with Gasteiger partial charge >= 0.3 is 5.97 Å². The molecule has 0 heterocycles. The lowest BCUT2D eigenvalue weighted by Crippen LogP contribution is -2.18. The first kappa shape index (κ1) is 12.4. The maximum absolute atomic E-state index is 13.3. The molecule has 1 aromatic carbocycles. The normalized spacial score (nSPS) is 10.2. The highest BCUT2D eigenvalue weighted by Crippen LogP contribution is 2.20. The van der Waals surface area contributed by atoms with Gasteiger partial charge < -0.3 is 15.7 Å². The number of rotatable bonds is 5. The molecule has 16 heavy (non-hydrogen) atoms. The average molecular weight is 230 g/mol. The highest BCUT2D eigenvalue weighted by Gasteiger charge is 2.17. The van der Waals surface area contributed by atoms with E-state index >= 15 is 0 Å². The molecule has 0 aliphatic carbocycles. The van der Waals surface area contributed by atoms with Crippen molar-refractivity contribution >= 4 is 11.7 Å². The van der Waals surface area contributed by atoms with Gasteiger partial charge in [0, 0.05) is 13.1 Å². The smallest absolute Gasteiger partial charge is 0.338 e. The molecule has 1 rings (SSSR count). The molecule has 0 radical (unpaired) electrons. The number of aromatic carboxylic acids is 1. The number of likely N-dealkylation sites (N-methyl/N-ethyl adjacent to an activating group) is 1. The Morgan fingerprint density at radius 2 is 2.00 bits per heavy atom. The number of hydrogen-bond donors (Lipinski definition) is 3. The van der Waals surface area contributed by atoms with E-state index in [2.05, 4.69) is 10.6 Å². The van der Waals surface area contributed by atoms with Crippen LogP contribution in [-0.2, 0) is 0 Å². The Hall–Kier alpha value is -1.69. The fraction of sp³-hybridized carbons (Fsp3) is 0.300. The fourth-order valence-electron chi connectivity index (χ4n) is 1.17. The third-order valence-corrected chi connectivity index (χ3v) is 2.00. The van der Waals surface area contributed by atoms with Crippen LogP contribution in [0.15, 0.2) is 12.1 Å². The number of halogens is 2. The van der Waals surface area contributed by atoms with E-state index in [0.717, 1.165) is 6.07 Å². The number of benzene rings is 1. The third-order valence-electron chi connectivity index (χ3n) is 2.00. The summed E-state index contributed by atoms with van der Waals surface area (Å²) in [4.78, 5) is 10.5. The summed E-state index contributed by atoms with van der Waals surface area (Å²) in [6.45, 7) is 1.00. The molecule has 88 valence electrons. The lowest BCUT2D eigenvalue weighted by Gasteiger charge is -2.08. The van der Waals surface area contributed by atoms with Gasteiger partial charge in [-0.15, -0.1) is 0 Å². The summed E-state index contributed by atoms with van der Waals surface area (Å²) in [7, 11) is 1.73. The van der Waals surface area contributed by atoms with Gasteiger partial charge in [-0.1, -0.05) is 0 Å². The summed E-state index contributed by atoms with van der Waals surface area (Å²) in [5.74, 6) is -4.00. The van der Waals surface area contributed by atoms with E-state index in [4.69, 9.17) is 5.11 Å². The number of carboxylic acids is 1. The third kappa shape index (κ3) is 2.66. The number of carboxylic acid groups (broad SMARTS) is 1. The fourth-order valence-corrected chi connectivity index (χ4v) is 1.17. The number of carbonyl (C=O) groups is 1. The first-order chi connectivity index (χ1) is 7.57. The number of hydrogen-bond acceptors (Lipinski definition) is 3. The molecule has 0 unspecified atom stereocenters. The summed E-state index contributed by atoms with van der Waals surface area (Å²) < 4.78 is 26.5. The molecular formula is C10H12F2N2O2. The Kier molecular flexibility index (Phi) is 4.19. The molecule has 0 saturated carbocycles. The maximum atomic E-state index is 13.3. The van der Waals surface area contributed by atoms with Crippen LogP contribution in [0.1, 0.15) is 10.4 Å². The maximum Gasteiger partial charge on any atom is 0.338 e. The number of anilines is 1. The highest BCUT2D eigenvalue weighted by molar-refractivity contribution is 5.88. The lowest BCUT2D eigenvalue weighted by molar-refractivity contribution is 0.0690. The van der Waals surface area contributed by atoms with Gasteiger partial charge in [-0.2, -0.15) is 0 Å². The van der Waals surface area contributed by atoms with Gasteiger partial charge in [0.05, 0.1) is 11.3 Å². The Balaban J connectivity index is 2.89. The van der Waals surface area contributed by atoms with Crippen molar-refractivity contribution in [3.05, 3.63) is 29.3 Å². The van der Waals surface area contributed by atoms with Crippen LogP contribution in [0, 0.1) is 11.6 Å². The van der Waals surface area contributed by atoms with Gasteiger partial charge in [-0.3, -0.25) is 0 Å². The van der Waals surface area contributed by atoms with E-state index in [-0.39, 0.29) is 5.69 Å². The summed E-state index contributed by atoms with van der Waals surface area (Å²) >= 11 is 0. The van der Waals surface area contributed by atoms with Gasteiger partial charge in [0.1, 0.15) is 0 Å². The Morgan fingerprint density at radius 3 is 2.56 bits per heavy atom. The largest absolute Gasteiger partial charge is 0.478 e. The predicted octanol–water partition coefficient (Wildman–Crippen LogP) is 1.29. The van der Waals surface area contributed by atoms with Crippen LogP contribution in [0.4, 0.5) is 14.5 Å². The Bertz CT molecular complexity index is 397. The van der Waals surface area contributed by atoms with Crippen molar-refractivity contribution in [2.24, 2.45) is 0 Å². The minimum Gasteiger partial charge on any atom is -0.478 e. The van der Waals surface area contributed by atoms with E-state index in [1.165, 1.54) is 6.07 Å². The van der Waals surface area contributed by atoms with E-state index in [9.17, 15) is 13.6 Å². The Morgan fingerprint density at radius 1 is 1.31 bits per heavy atom. The van der Waals surface area contributed by atoms with Crippen molar-refractivity contribution in [3.63, 3.8) is 0 Å². The highest BCUT2D eigenvalue weighted by atomic mass is 19.2. The molecule has 0 fully saturated rings. The van der Waals surface area contributed by atoms with Crippen LogP contribution in [0.3, 0.4) is 0 Å². The van der Waals surface area contributed by atoms with Crippen LogP contribution in [0.25, 0.3) is 0 Å². The van der Waals surface area contributed by atoms with Crippen LogP contribution in [0.2, 0.25) is 0 Å². The molecule has 0 aliphatic rings. The van der Waals surface area contributed by atoms with Crippen molar-refractivity contribution in [3.8, 4) is 0 Å². The van der Waals surface area contributed by atoms with E-state index in [0.29, 0.717) is 13.1 Å². The first-order valence-corrected chi connectivity index (χ1v) is 4.67. The molecule has 6 heteroatoms. The predicted molar refractivity (Wildman–Crippen MR) is 55.7 cm³/mol. The quantitative estimate of drug-likeness (QED) is 0.667. The second-order valence-corrected chi connectivity index (χ2v) is 3.12. The van der Waals surface area contributed by atoms with Crippen molar-refractivity contribution < 1.29 is 18.7 Å². The van der Waals surface area contributed by atoms with Gasteiger partial charge in [-0.25, -0.2) is 13.6 Å². The van der Waals surface area contributed by atoms with Crippen molar-refractivity contribution in [2.75, 3.05) is 25.5 Å². The second-order valence-electron chi connectivity index (χ2n) is 3.12. The molecule has 0 aliphatic heterocycles. The molecule has 1 aromatic rings. The van der Waals surface area contributed by atoms with Crippen LogP contribution >= 0.6 is 0 Å². The van der Waals surface area contributed by atoms with Crippen LogP contribution in [-0.4, -0.2) is 31.2 Å². The zero-order valence-electron chi connectivity index (χ0n) is 8.68. The molecule has 0 saturated heterocycles. The summed E-state index contributed by atoms with van der Waals surface area (Å²) in [5, 5.41) is 14.0. The standard InChI is InChI=1S/C10H12F2N2O2/c1-13-4-5-14-7-3-2-6(10(15)16)8(11)9(7)12/h2-3,13-14H,4-5H2,1H3,(H,15,16). The second kappa shape index (κ2) is 5.41. The first-order valence-electron chi connectivity index (χ1n) is 4.67. The molecule has 0 atom stereocenters. The molecule has 0 spiro atoms. The summed E-state index contributed by atoms with van der Waals surface area (Å²) in [6, 6.07) is 2.24. The summed E-state index contributed by atoms with van der Waals surface area (Å²) in [6.07, 6.45) is 0. The lowest BCUT2D eigenvalue weighted by atomic mass is 10.2. The van der Waals surface area contributed by atoms with Crippen LogP contribution in [0.5, 0.6) is 0 Å². The van der Waals surface area contributed by atoms with Gasteiger partial charge in [0.15, 0.2) is 11.6 Å². The van der Waals surface area contributed by atoms with Gasteiger partial charge in [-0.05, 0) is 19.2 Å². The number of nitrogens with one attached hydrogen (secondary N) is 2. The molecule has 0 amide bonds. The van der Waals surface area contributed by atoms with Gasteiger partial charge in [0.25, 0.3) is 0 Å². The average Bonchev–Trinajstić information content (AvgIpc) is 2.24. The minimum atomic E-state index is -1.49. The molecule has 0 aromatic heterocycles. The molecular weight excluding hydrogens is 218 g/mol. The minimum absolute atomic E-state index is 0.0437. The monoisotopic (exact) mass is 230 g/mol. The molecule has 4 nitrogen and oxygen atoms in total.